The van der Waals surface area contributed by atoms with Gasteiger partial charge in [-0.3, -0.25) is 9.10 Å². The van der Waals surface area contributed by atoms with Gasteiger partial charge in [0.15, 0.2) is 16.5 Å². The zero-order valence-electron chi connectivity index (χ0n) is 12.7. The van der Waals surface area contributed by atoms with E-state index < -0.39 is 16.0 Å². The van der Waals surface area contributed by atoms with Gasteiger partial charge in [0.1, 0.15) is 0 Å². The molecule has 0 saturated heterocycles. The Morgan fingerprint density at radius 2 is 2.13 bits per heavy atom. The van der Waals surface area contributed by atoms with Crippen LogP contribution in [-0.2, 0) is 21.2 Å². The summed E-state index contributed by atoms with van der Waals surface area (Å²) in [6.07, 6.45) is 0.281. The number of rotatable bonds is 6. The monoisotopic (exact) mass is 339 g/mol. The summed E-state index contributed by atoms with van der Waals surface area (Å²) in [5.41, 5.74) is 6.70. The van der Waals surface area contributed by atoms with E-state index in [-0.39, 0.29) is 22.9 Å². The fourth-order valence-corrected chi connectivity index (χ4v) is 3.50. The summed E-state index contributed by atoms with van der Waals surface area (Å²) >= 11 is 0. The molecule has 2 aromatic rings. The van der Waals surface area contributed by atoms with E-state index >= 15 is 0 Å². The van der Waals surface area contributed by atoms with Gasteiger partial charge in [-0.15, -0.1) is 0 Å². The molecule has 124 valence electrons. The van der Waals surface area contributed by atoms with Crippen molar-refractivity contribution in [3.63, 3.8) is 0 Å². The summed E-state index contributed by atoms with van der Waals surface area (Å²) < 4.78 is 31.2. The smallest absolute Gasteiger partial charge is 0.303 e. The highest BCUT2D eigenvalue weighted by atomic mass is 32.2. The minimum absolute atomic E-state index is 0.0301. The van der Waals surface area contributed by atoms with Crippen molar-refractivity contribution in [3.05, 3.63) is 35.6 Å². The molecule has 0 spiro atoms. The first-order valence-electron chi connectivity index (χ1n) is 6.75. The third kappa shape index (κ3) is 3.45. The number of sulfonamides is 1. The number of aryl methyl sites for hydroxylation is 2. The maximum Gasteiger partial charge on any atom is 0.303 e. The molecule has 1 aromatic heterocycles. The van der Waals surface area contributed by atoms with Crippen molar-refractivity contribution in [2.45, 2.75) is 24.7 Å². The van der Waals surface area contributed by atoms with Gasteiger partial charge in [0, 0.05) is 13.5 Å². The molecule has 1 heterocycles. The first kappa shape index (κ1) is 16.8. The van der Waals surface area contributed by atoms with E-state index in [4.69, 9.17) is 15.4 Å². The number of hydrogen-bond acceptors (Lipinski definition) is 6. The Hall–Kier alpha value is -2.55. The van der Waals surface area contributed by atoms with Gasteiger partial charge in [-0.1, -0.05) is 17.3 Å². The molecule has 0 amide bonds. The molecule has 0 bridgehead atoms. The number of carboxylic acids is 1. The predicted molar refractivity (Wildman–Crippen MR) is 83.6 cm³/mol. The molecule has 0 saturated carbocycles. The van der Waals surface area contributed by atoms with Crippen molar-refractivity contribution in [1.29, 1.82) is 0 Å². The molecule has 0 aliphatic carbocycles. The van der Waals surface area contributed by atoms with Crippen molar-refractivity contribution < 1.29 is 22.8 Å². The first-order chi connectivity index (χ1) is 10.7. The molecule has 0 fully saturated rings. The van der Waals surface area contributed by atoms with Crippen LogP contribution in [0.3, 0.4) is 0 Å². The van der Waals surface area contributed by atoms with Crippen LogP contribution in [0.4, 0.5) is 11.5 Å². The van der Waals surface area contributed by atoms with E-state index in [0.717, 1.165) is 9.87 Å². The van der Waals surface area contributed by atoms with Gasteiger partial charge in [0.25, 0.3) is 10.0 Å². The van der Waals surface area contributed by atoms with Crippen molar-refractivity contribution in [2.24, 2.45) is 0 Å². The van der Waals surface area contributed by atoms with Gasteiger partial charge in [0.2, 0.25) is 0 Å². The number of hydrogen-bond donors (Lipinski definition) is 2. The quantitative estimate of drug-likeness (QED) is 0.814. The lowest BCUT2D eigenvalue weighted by atomic mass is 10.1. The summed E-state index contributed by atoms with van der Waals surface area (Å²) in [5, 5.41) is 12.2. The van der Waals surface area contributed by atoms with Gasteiger partial charge in [-0.2, -0.15) is 0 Å². The SMILES string of the molecule is Cc1onc(N)c1S(=O)(=O)N(C)c1cccc(CCC(=O)O)c1. The number of carbonyl (C=O) groups is 1. The molecule has 9 heteroatoms. The second-order valence-electron chi connectivity index (χ2n) is 4.99. The average molecular weight is 339 g/mol. The van der Waals surface area contributed by atoms with Crippen molar-refractivity contribution >= 4 is 27.5 Å². The molecule has 23 heavy (non-hydrogen) atoms. The normalized spacial score (nSPS) is 11.4. The molecule has 0 aliphatic heterocycles. The molecule has 8 nitrogen and oxygen atoms in total. The van der Waals surface area contributed by atoms with Crippen molar-refractivity contribution in [3.8, 4) is 0 Å². The van der Waals surface area contributed by atoms with E-state index in [1.165, 1.54) is 14.0 Å². The zero-order valence-corrected chi connectivity index (χ0v) is 13.5. The number of nitrogens with two attached hydrogens (primary N) is 1. The lowest BCUT2D eigenvalue weighted by Gasteiger charge is -2.19. The highest BCUT2D eigenvalue weighted by Gasteiger charge is 2.29. The molecule has 0 unspecified atom stereocenters. The Morgan fingerprint density at radius 3 is 2.70 bits per heavy atom. The van der Waals surface area contributed by atoms with E-state index in [9.17, 15) is 13.2 Å². The number of anilines is 2. The Bertz CT molecular complexity index is 809. The third-order valence-electron chi connectivity index (χ3n) is 3.35. The minimum atomic E-state index is -3.92. The zero-order chi connectivity index (χ0) is 17.2. The second-order valence-corrected chi connectivity index (χ2v) is 6.90. The highest BCUT2D eigenvalue weighted by Crippen LogP contribution is 2.28. The number of aromatic nitrogens is 1. The fourth-order valence-electron chi connectivity index (χ4n) is 2.13. The van der Waals surface area contributed by atoms with E-state index in [0.29, 0.717) is 12.1 Å². The summed E-state index contributed by atoms with van der Waals surface area (Å²) in [7, 11) is -2.54. The van der Waals surface area contributed by atoms with Crippen LogP contribution in [0, 0.1) is 6.92 Å². The lowest BCUT2D eigenvalue weighted by molar-refractivity contribution is -0.136. The summed E-state index contributed by atoms with van der Waals surface area (Å²) in [6, 6.07) is 6.65. The molecule has 0 radical (unpaired) electrons. The van der Waals surface area contributed by atoms with Crippen LogP contribution < -0.4 is 10.0 Å². The average Bonchev–Trinajstić information content (AvgIpc) is 2.84. The Morgan fingerprint density at radius 1 is 1.43 bits per heavy atom. The topological polar surface area (TPSA) is 127 Å². The van der Waals surface area contributed by atoms with Crippen LogP contribution in [0.2, 0.25) is 0 Å². The molecule has 0 atom stereocenters. The third-order valence-corrected chi connectivity index (χ3v) is 5.30. The first-order valence-corrected chi connectivity index (χ1v) is 8.19. The summed E-state index contributed by atoms with van der Waals surface area (Å²) in [5.74, 6) is -1.00. The molecular formula is C14H17N3O5S. The van der Waals surface area contributed by atoms with E-state index in [1.54, 1.807) is 24.3 Å². The predicted octanol–water partition coefficient (Wildman–Crippen LogP) is 1.41. The van der Waals surface area contributed by atoms with Gasteiger partial charge in [0.05, 0.1) is 5.69 Å². The highest BCUT2D eigenvalue weighted by molar-refractivity contribution is 7.93. The lowest BCUT2D eigenvalue weighted by Crippen LogP contribution is -2.27. The van der Waals surface area contributed by atoms with Gasteiger partial charge >= 0.3 is 5.97 Å². The Balaban J connectivity index is 2.35. The molecule has 1 aromatic carbocycles. The molecule has 3 N–H and O–H groups in total. The molecular weight excluding hydrogens is 322 g/mol. The van der Waals surface area contributed by atoms with Gasteiger partial charge in [-0.25, -0.2) is 8.42 Å². The fraction of sp³-hybridized carbons (Fsp3) is 0.286. The largest absolute Gasteiger partial charge is 0.481 e. The van der Waals surface area contributed by atoms with Gasteiger partial charge < -0.3 is 15.4 Å². The number of aliphatic carboxylic acids is 1. The minimum Gasteiger partial charge on any atom is -0.481 e. The van der Waals surface area contributed by atoms with Crippen LogP contribution in [0.25, 0.3) is 0 Å². The number of nitrogens with zero attached hydrogens (tertiary/aromatic N) is 2. The summed E-state index contributed by atoms with van der Waals surface area (Å²) in [4.78, 5) is 10.5. The second kappa shape index (κ2) is 6.29. The van der Waals surface area contributed by atoms with E-state index in [2.05, 4.69) is 5.16 Å². The van der Waals surface area contributed by atoms with Crippen LogP contribution >= 0.6 is 0 Å². The van der Waals surface area contributed by atoms with Crippen LogP contribution in [0.15, 0.2) is 33.7 Å². The summed E-state index contributed by atoms with van der Waals surface area (Å²) in [6.45, 7) is 1.47. The molecule has 2 rings (SSSR count). The Kier molecular flexibility index (Phi) is 4.60. The number of benzene rings is 1. The van der Waals surface area contributed by atoms with Crippen LogP contribution in [-0.4, -0.2) is 31.7 Å². The van der Waals surface area contributed by atoms with Crippen molar-refractivity contribution in [2.75, 3.05) is 17.1 Å². The van der Waals surface area contributed by atoms with Crippen LogP contribution in [0.5, 0.6) is 0 Å². The maximum atomic E-state index is 12.7. The standard InChI is InChI=1S/C14H17N3O5S/c1-9-13(14(15)16-22-9)23(20,21)17(2)11-5-3-4-10(8-11)6-7-12(18)19/h3-5,8H,6-7H2,1-2H3,(H2,15,16)(H,18,19). The number of nitrogen functional groups attached to an aromatic ring is 1. The number of carboxylic acid groups (broad SMARTS) is 1. The Labute approximate surface area is 133 Å². The van der Waals surface area contributed by atoms with Crippen molar-refractivity contribution in [1.82, 2.24) is 5.16 Å². The van der Waals surface area contributed by atoms with Gasteiger partial charge in [-0.05, 0) is 31.0 Å². The van der Waals surface area contributed by atoms with E-state index in [1.807, 2.05) is 0 Å². The maximum absolute atomic E-state index is 12.7. The molecule has 0 aliphatic rings. The van der Waals surface area contributed by atoms with Crippen LogP contribution in [0.1, 0.15) is 17.7 Å².